The third-order valence-electron chi connectivity index (χ3n) is 4.48. The predicted octanol–water partition coefficient (Wildman–Crippen LogP) is 3.34. The molecule has 0 atom stereocenters. The highest BCUT2D eigenvalue weighted by molar-refractivity contribution is 7.14. The Labute approximate surface area is 155 Å². The summed E-state index contributed by atoms with van der Waals surface area (Å²) in [5, 5.41) is 0. The molecule has 1 aliphatic carbocycles. The molecule has 0 spiro atoms. The summed E-state index contributed by atoms with van der Waals surface area (Å²) in [4.78, 5) is 37.4. The number of pyridine rings is 2. The molecule has 0 aliphatic heterocycles. The van der Waals surface area contributed by atoms with Gasteiger partial charge in [0.05, 0.1) is 10.4 Å². The van der Waals surface area contributed by atoms with Gasteiger partial charge in [-0.2, -0.15) is 0 Å². The topological polar surface area (TPSA) is 63.2 Å². The highest BCUT2D eigenvalue weighted by atomic mass is 32.1. The summed E-state index contributed by atoms with van der Waals surface area (Å²) in [5.41, 5.74) is 2.34. The summed E-state index contributed by atoms with van der Waals surface area (Å²) in [6.45, 7) is 4.46. The summed E-state index contributed by atoms with van der Waals surface area (Å²) in [7, 11) is 0. The molecule has 1 aliphatic rings. The van der Waals surface area contributed by atoms with E-state index in [4.69, 9.17) is 0 Å². The number of hydrogen-bond acceptors (Lipinski definition) is 6. The van der Waals surface area contributed by atoms with Crippen molar-refractivity contribution in [2.45, 2.75) is 20.0 Å². The van der Waals surface area contributed by atoms with Gasteiger partial charge in [-0.05, 0) is 42.4 Å². The zero-order valence-electron chi connectivity index (χ0n) is 14.3. The number of carbonyl (C=O) groups is 2. The molecular formula is C20H17N3O2S. The van der Waals surface area contributed by atoms with E-state index in [1.165, 1.54) is 16.9 Å². The summed E-state index contributed by atoms with van der Waals surface area (Å²) >= 11 is 1.41. The van der Waals surface area contributed by atoms with Crippen molar-refractivity contribution < 1.29 is 9.59 Å². The molecule has 0 radical (unpaired) electrons. The molecule has 130 valence electrons. The fourth-order valence-electron chi connectivity index (χ4n) is 3.12. The normalized spacial score (nSPS) is 13.0. The molecule has 0 fully saturated rings. The van der Waals surface area contributed by atoms with E-state index >= 15 is 0 Å². The van der Waals surface area contributed by atoms with E-state index < -0.39 is 0 Å². The molecule has 3 aromatic heterocycles. The third kappa shape index (κ3) is 2.98. The van der Waals surface area contributed by atoms with Crippen molar-refractivity contribution in [1.29, 1.82) is 0 Å². The van der Waals surface area contributed by atoms with E-state index in [1.54, 1.807) is 30.7 Å². The van der Waals surface area contributed by atoms with Crippen LogP contribution in [-0.4, -0.2) is 33.0 Å². The molecular weight excluding hydrogens is 346 g/mol. The monoisotopic (exact) mass is 363 g/mol. The van der Waals surface area contributed by atoms with E-state index in [-0.39, 0.29) is 17.3 Å². The second kappa shape index (κ2) is 6.90. The van der Waals surface area contributed by atoms with Gasteiger partial charge in [0.2, 0.25) is 11.6 Å². The first-order chi connectivity index (χ1) is 12.7. The Morgan fingerprint density at radius 2 is 1.81 bits per heavy atom. The minimum absolute atomic E-state index is 0.101. The van der Waals surface area contributed by atoms with Crippen LogP contribution in [0.3, 0.4) is 0 Å². The molecule has 0 saturated heterocycles. The van der Waals surface area contributed by atoms with Crippen molar-refractivity contribution >= 4 is 22.9 Å². The average molecular weight is 363 g/mol. The summed E-state index contributed by atoms with van der Waals surface area (Å²) in [6, 6.07) is 9.21. The van der Waals surface area contributed by atoms with Gasteiger partial charge >= 0.3 is 0 Å². The minimum atomic E-state index is -0.158. The SMILES string of the molecule is CCN(Cc1ccncc1)Cc1cc2c(s1)C(=O)c1cccnc1C2=O. The van der Waals surface area contributed by atoms with Crippen LogP contribution in [0.25, 0.3) is 0 Å². The lowest BCUT2D eigenvalue weighted by atomic mass is 9.93. The first-order valence-corrected chi connectivity index (χ1v) is 9.27. The van der Waals surface area contributed by atoms with E-state index in [2.05, 4.69) is 21.8 Å². The molecule has 26 heavy (non-hydrogen) atoms. The van der Waals surface area contributed by atoms with Gasteiger partial charge in [-0.25, -0.2) is 0 Å². The van der Waals surface area contributed by atoms with Gasteiger partial charge < -0.3 is 0 Å². The van der Waals surface area contributed by atoms with Crippen LogP contribution in [0.1, 0.15) is 48.7 Å². The lowest BCUT2D eigenvalue weighted by molar-refractivity contribution is 0.0978. The maximum absolute atomic E-state index is 12.7. The summed E-state index contributed by atoms with van der Waals surface area (Å²) < 4.78 is 0. The fourth-order valence-corrected chi connectivity index (χ4v) is 4.27. The van der Waals surface area contributed by atoms with Gasteiger partial charge in [0.25, 0.3) is 0 Å². The van der Waals surface area contributed by atoms with Crippen LogP contribution in [0, 0.1) is 0 Å². The Balaban J connectivity index is 1.60. The molecule has 0 unspecified atom stereocenters. The largest absolute Gasteiger partial charge is 0.294 e. The Morgan fingerprint density at radius 3 is 2.58 bits per heavy atom. The number of nitrogens with zero attached hydrogens (tertiary/aromatic N) is 3. The molecule has 5 nitrogen and oxygen atoms in total. The Kier molecular flexibility index (Phi) is 4.44. The van der Waals surface area contributed by atoms with E-state index in [0.29, 0.717) is 22.5 Å². The van der Waals surface area contributed by atoms with E-state index in [1.807, 2.05) is 18.2 Å². The lowest BCUT2D eigenvalue weighted by Gasteiger charge is -2.19. The lowest BCUT2D eigenvalue weighted by Crippen LogP contribution is -2.21. The number of thiophene rings is 1. The molecule has 3 aromatic rings. The van der Waals surface area contributed by atoms with Gasteiger partial charge in [0, 0.05) is 42.1 Å². The van der Waals surface area contributed by atoms with E-state index in [0.717, 1.165) is 18.0 Å². The van der Waals surface area contributed by atoms with Gasteiger partial charge in [-0.1, -0.05) is 6.92 Å². The maximum atomic E-state index is 12.7. The van der Waals surface area contributed by atoms with Crippen LogP contribution in [0.2, 0.25) is 0 Å². The Morgan fingerprint density at radius 1 is 1.00 bits per heavy atom. The third-order valence-corrected chi connectivity index (χ3v) is 5.60. The first kappa shape index (κ1) is 16.8. The predicted molar refractivity (Wildman–Crippen MR) is 99.4 cm³/mol. The van der Waals surface area contributed by atoms with Crippen molar-refractivity contribution in [2.24, 2.45) is 0 Å². The van der Waals surface area contributed by atoms with Crippen molar-refractivity contribution in [3.63, 3.8) is 0 Å². The quantitative estimate of drug-likeness (QED) is 0.544. The second-order valence-electron chi connectivity index (χ2n) is 6.17. The summed E-state index contributed by atoms with van der Waals surface area (Å²) in [6.07, 6.45) is 5.12. The van der Waals surface area contributed by atoms with Gasteiger partial charge in [0.15, 0.2) is 0 Å². The standard InChI is InChI=1S/C20H17N3O2S/c1-2-23(11-13-5-8-21-9-6-13)12-14-10-16-18(24)17-15(4-3-7-22-17)19(25)20(16)26-14/h3-10H,2,11-12H2,1H3. The average Bonchev–Trinajstić information content (AvgIpc) is 3.11. The first-order valence-electron chi connectivity index (χ1n) is 8.45. The molecule has 6 heteroatoms. The second-order valence-corrected chi connectivity index (χ2v) is 7.31. The number of hydrogen-bond donors (Lipinski definition) is 0. The van der Waals surface area contributed by atoms with Crippen LogP contribution < -0.4 is 0 Å². The van der Waals surface area contributed by atoms with Crippen molar-refractivity contribution in [3.05, 3.63) is 81.1 Å². The highest BCUT2D eigenvalue weighted by Gasteiger charge is 2.32. The zero-order chi connectivity index (χ0) is 18.1. The fraction of sp³-hybridized carbons (Fsp3) is 0.200. The molecule has 0 saturated carbocycles. The van der Waals surface area contributed by atoms with Gasteiger partial charge in [-0.15, -0.1) is 11.3 Å². The zero-order valence-corrected chi connectivity index (χ0v) is 15.1. The number of aromatic nitrogens is 2. The summed E-state index contributed by atoms with van der Waals surface area (Å²) in [5.74, 6) is -0.258. The van der Waals surface area contributed by atoms with Gasteiger partial charge in [-0.3, -0.25) is 24.5 Å². The smallest absolute Gasteiger partial charge is 0.213 e. The van der Waals surface area contributed by atoms with Crippen molar-refractivity contribution in [3.8, 4) is 0 Å². The van der Waals surface area contributed by atoms with Gasteiger partial charge in [0.1, 0.15) is 5.69 Å². The highest BCUT2D eigenvalue weighted by Crippen LogP contribution is 2.33. The number of ketones is 2. The van der Waals surface area contributed by atoms with Crippen LogP contribution in [0.5, 0.6) is 0 Å². The molecule has 0 bridgehead atoms. The maximum Gasteiger partial charge on any atom is 0.213 e. The Bertz CT molecular complexity index is 929. The molecule has 0 amide bonds. The number of rotatable bonds is 5. The van der Waals surface area contributed by atoms with Crippen LogP contribution >= 0.6 is 11.3 Å². The van der Waals surface area contributed by atoms with E-state index in [9.17, 15) is 9.59 Å². The molecule has 0 N–H and O–H groups in total. The molecule has 3 heterocycles. The van der Waals surface area contributed by atoms with Crippen LogP contribution in [0.15, 0.2) is 48.9 Å². The number of fused-ring (bicyclic) bond motifs is 2. The molecule has 0 aromatic carbocycles. The number of carbonyl (C=O) groups excluding carboxylic acids is 2. The van der Waals surface area contributed by atoms with Crippen LogP contribution in [0.4, 0.5) is 0 Å². The minimum Gasteiger partial charge on any atom is -0.294 e. The van der Waals surface area contributed by atoms with Crippen molar-refractivity contribution in [1.82, 2.24) is 14.9 Å². The Hall–Kier alpha value is -2.70. The van der Waals surface area contributed by atoms with Crippen LogP contribution in [-0.2, 0) is 13.1 Å². The van der Waals surface area contributed by atoms with Crippen molar-refractivity contribution in [2.75, 3.05) is 6.54 Å². The molecule has 4 rings (SSSR count).